The second-order valence-corrected chi connectivity index (χ2v) is 20.3. The summed E-state index contributed by atoms with van der Waals surface area (Å²) < 4.78 is 68.7. The van der Waals surface area contributed by atoms with Crippen LogP contribution in [0.15, 0.2) is 91.0 Å². The molecule has 1 unspecified atom stereocenters. The van der Waals surface area contributed by atoms with Gasteiger partial charge in [-0.25, -0.2) is 8.78 Å². The van der Waals surface area contributed by atoms with Gasteiger partial charge >= 0.3 is 5.97 Å². The SMILES string of the molecule is C.CNC(=O)CCC(=O)OC1[C@@H](COC(c2ccccc2)(c2ccc(OC)cc2)c2ccc(OC)cc2)O[C@@H](c2cc(C)c(F)cc2F)[C@H]1O[Si](C)(C)C(C)(C)C. The molecule has 57 heavy (non-hydrogen) atoms. The molecule has 0 aliphatic carbocycles. The Morgan fingerprint density at radius 1 is 0.789 bits per heavy atom. The molecule has 1 aliphatic heterocycles. The molecule has 0 bridgehead atoms. The number of benzene rings is 4. The highest BCUT2D eigenvalue weighted by molar-refractivity contribution is 6.74. The van der Waals surface area contributed by atoms with Gasteiger partial charge < -0.3 is 33.4 Å². The second-order valence-electron chi connectivity index (χ2n) is 15.5. The molecule has 0 aromatic heterocycles. The van der Waals surface area contributed by atoms with Crippen LogP contribution in [0.25, 0.3) is 0 Å². The Morgan fingerprint density at radius 2 is 1.33 bits per heavy atom. The van der Waals surface area contributed by atoms with Gasteiger partial charge in [0.25, 0.3) is 0 Å². The lowest BCUT2D eigenvalue weighted by atomic mass is 9.80. The van der Waals surface area contributed by atoms with E-state index in [-0.39, 0.29) is 48.9 Å². The summed E-state index contributed by atoms with van der Waals surface area (Å²) in [6, 6.07) is 27.0. The predicted octanol–water partition coefficient (Wildman–Crippen LogP) is 9.20. The van der Waals surface area contributed by atoms with Crippen LogP contribution in [0.3, 0.4) is 0 Å². The number of hydrogen-bond acceptors (Lipinski definition) is 8. The number of carbonyl (C=O) groups is 2. The molecule has 4 aromatic rings. The maximum atomic E-state index is 15.9. The fourth-order valence-corrected chi connectivity index (χ4v) is 7.92. The highest BCUT2D eigenvalue weighted by atomic mass is 28.4. The first-order chi connectivity index (χ1) is 26.5. The molecule has 1 heterocycles. The number of ether oxygens (including phenoxy) is 5. The van der Waals surface area contributed by atoms with E-state index >= 15 is 4.39 Å². The van der Waals surface area contributed by atoms with Gasteiger partial charge in [-0.15, -0.1) is 0 Å². The van der Waals surface area contributed by atoms with Gasteiger partial charge in [-0.1, -0.05) is 82.8 Å². The molecule has 1 amide bonds. The van der Waals surface area contributed by atoms with Crippen molar-refractivity contribution < 1.29 is 46.5 Å². The van der Waals surface area contributed by atoms with Gasteiger partial charge in [-0.2, -0.15) is 0 Å². The lowest BCUT2D eigenvalue weighted by Crippen LogP contribution is -2.50. The van der Waals surface area contributed by atoms with Gasteiger partial charge in [0.05, 0.1) is 27.2 Å². The summed E-state index contributed by atoms with van der Waals surface area (Å²) in [7, 11) is 1.99. The van der Waals surface area contributed by atoms with Gasteiger partial charge in [-0.3, -0.25) is 9.59 Å². The minimum atomic E-state index is -2.68. The number of halogens is 2. The third-order valence-electron chi connectivity index (χ3n) is 10.9. The molecule has 9 nitrogen and oxygen atoms in total. The number of rotatable bonds is 15. The van der Waals surface area contributed by atoms with Crippen LogP contribution >= 0.6 is 0 Å². The van der Waals surface area contributed by atoms with E-state index in [4.69, 9.17) is 28.1 Å². The Kier molecular flexibility index (Phi) is 14.8. The minimum Gasteiger partial charge on any atom is -0.497 e. The number of esters is 1. The number of methoxy groups -OCH3 is 2. The van der Waals surface area contributed by atoms with Crippen molar-refractivity contribution in [3.05, 3.63) is 130 Å². The topological polar surface area (TPSA) is 102 Å². The van der Waals surface area contributed by atoms with Crippen LogP contribution in [0.4, 0.5) is 8.78 Å². The van der Waals surface area contributed by atoms with Crippen molar-refractivity contribution in [3.63, 3.8) is 0 Å². The lowest BCUT2D eigenvalue weighted by Gasteiger charge is -2.40. The molecule has 308 valence electrons. The monoisotopic (exact) mass is 805 g/mol. The van der Waals surface area contributed by atoms with Crippen molar-refractivity contribution in [2.24, 2.45) is 0 Å². The maximum Gasteiger partial charge on any atom is 0.306 e. The Morgan fingerprint density at radius 3 is 1.84 bits per heavy atom. The van der Waals surface area contributed by atoms with E-state index in [1.165, 1.54) is 13.1 Å². The number of amides is 1. The van der Waals surface area contributed by atoms with E-state index in [1.54, 1.807) is 21.1 Å². The molecule has 1 fully saturated rings. The molecule has 0 saturated carbocycles. The van der Waals surface area contributed by atoms with Gasteiger partial charge in [0.1, 0.15) is 47.0 Å². The van der Waals surface area contributed by atoms with Crippen molar-refractivity contribution in [2.45, 2.75) is 96.1 Å². The van der Waals surface area contributed by atoms with Gasteiger partial charge in [0.15, 0.2) is 14.4 Å². The quantitative estimate of drug-likeness (QED) is 0.0722. The van der Waals surface area contributed by atoms with E-state index in [2.05, 4.69) is 26.1 Å². The summed E-state index contributed by atoms with van der Waals surface area (Å²) in [6.45, 7) is 11.7. The Labute approximate surface area is 337 Å². The summed E-state index contributed by atoms with van der Waals surface area (Å²) in [4.78, 5) is 25.7. The summed E-state index contributed by atoms with van der Waals surface area (Å²) in [5.41, 5.74) is 1.34. The third-order valence-corrected chi connectivity index (χ3v) is 15.3. The average Bonchev–Trinajstić information content (AvgIpc) is 3.50. The Bertz CT molecular complexity index is 1900. The first kappa shape index (κ1) is 45.1. The zero-order chi connectivity index (χ0) is 40.8. The van der Waals surface area contributed by atoms with Crippen molar-refractivity contribution in [3.8, 4) is 11.5 Å². The molecular weight excluding hydrogens is 749 g/mol. The zero-order valence-corrected chi connectivity index (χ0v) is 34.6. The number of nitrogens with one attached hydrogen (secondary N) is 1. The molecule has 4 atom stereocenters. The van der Waals surface area contributed by atoms with Crippen LogP contribution in [0, 0.1) is 18.6 Å². The highest BCUT2D eigenvalue weighted by Gasteiger charge is 2.54. The van der Waals surface area contributed by atoms with Crippen LogP contribution < -0.4 is 14.8 Å². The molecule has 12 heteroatoms. The molecule has 1 N–H and O–H groups in total. The van der Waals surface area contributed by atoms with Gasteiger partial charge in [-0.05, 0) is 77.6 Å². The van der Waals surface area contributed by atoms with Crippen LogP contribution in [0.2, 0.25) is 18.1 Å². The number of hydrogen-bond donors (Lipinski definition) is 1. The molecule has 0 radical (unpaired) electrons. The molecule has 4 aromatic carbocycles. The van der Waals surface area contributed by atoms with Crippen LogP contribution in [0.1, 0.15) is 75.0 Å². The number of carbonyl (C=O) groups excluding carboxylic acids is 2. The molecular formula is C45H57F2NO8Si. The maximum absolute atomic E-state index is 15.9. The minimum absolute atomic E-state index is 0. The smallest absolute Gasteiger partial charge is 0.306 e. The van der Waals surface area contributed by atoms with Crippen LogP contribution in [-0.2, 0) is 33.8 Å². The summed E-state index contributed by atoms with van der Waals surface area (Å²) in [5.74, 6) is -1.20. The second kappa shape index (κ2) is 18.8. The summed E-state index contributed by atoms with van der Waals surface area (Å²) >= 11 is 0. The van der Waals surface area contributed by atoms with Gasteiger partial charge in [0, 0.05) is 25.1 Å². The Balaban J connectivity index is 0.00000720. The van der Waals surface area contributed by atoms with E-state index in [0.717, 1.165) is 22.8 Å². The standard InChI is InChI=1S/C44H53F2NO8Si.CH4/c1-28-25-34(36(46)26-35(28)45)40-42(55-56(8,9)43(2,3)4)41(54-39(49)24-23-38(48)47-5)37(53-40)27-52-44(29-13-11-10-12-14-29,30-15-19-32(50-6)20-16-30)31-17-21-33(51-7)22-18-31;/h10-22,25-26,37,40-42H,23-24,27H2,1-9H3,(H,47,48);1H4/t37-,40+,41?,42-;/m1./s1. The lowest BCUT2D eigenvalue weighted by molar-refractivity contribution is -0.159. The summed E-state index contributed by atoms with van der Waals surface area (Å²) in [6.07, 6.45) is -4.56. The van der Waals surface area contributed by atoms with Crippen molar-refractivity contribution in [1.82, 2.24) is 5.32 Å². The Hall–Kier alpha value is -4.62. The fraction of sp³-hybridized carbons (Fsp3) is 0.422. The van der Waals surface area contributed by atoms with E-state index < -0.39 is 55.9 Å². The van der Waals surface area contributed by atoms with E-state index in [9.17, 15) is 14.0 Å². The predicted molar refractivity (Wildman–Crippen MR) is 219 cm³/mol. The summed E-state index contributed by atoms with van der Waals surface area (Å²) in [5, 5.41) is 2.22. The highest BCUT2D eigenvalue weighted by Crippen LogP contribution is 2.47. The molecule has 1 saturated heterocycles. The van der Waals surface area contributed by atoms with Crippen LogP contribution in [-0.4, -0.2) is 66.4 Å². The van der Waals surface area contributed by atoms with Crippen molar-refractivity contribution in [2.75, 3.05) is 27.9 Å². The largest absolute Gasteiger partial charge is 0.497 e. The van der Waals surface area contributed by atoms with Crippen molar-refractivity contribution >= 4 is 20.2 Å². The normalized spacial score (nSPS) is 18.4. The number of aryl methyl sites for hydroxylation is 1. The van der Waals surface area contributed by atoms with Gasteiger partial charge in [0.2, 0.25) is 5.91 Å². The first-order valence-corrected chi connectivity index (χ1v) is 21.6. The third kappa shape index (κ3) is 9.92. The zero-order valence-electron chi connectivity index (χ0n) is 33.6. The molecule has 5 rings (SSSR count). The fourth-order valence-electron chi connectivity index (χ4n) is 6.63. The van der Waals surface area contributed by atoms with Crippen LogP contribution in [0.5, 0.6) is 11.5 Å². The molecule has 1 aliphatic rings. The average molecular weight is 806 g/mol. The van der Waals surface area contributed by atoms with E-state index in [1.807, 2.05) is 92.0 Å². The van der Waals surface area contributed by atoms with Crippen molar-refractivity contribution in [1.29, 1.82) is 0 Å². The first-order valence-electron chi connectivity index (χ1n) is 18.7. The molecule has 0 spiro atoms. The van der Waals surface area contributed by atoms with E-state index in [0.29, 0.717) is 11.5 Å².